The normalized spacial score (nSPS) is 18.0. The summed E-state index contributed by atoms with van der Waals surface area (Å²) in [6.45, 7) is 15.9. The van der Waals surface area contributed by atoms with Crippen LogP contribution < -0.4 is 0 Å². The molecule has 0 aliphatic carbocycles. The van der Waals surface area contributed by atoms with E-state index in [4.69, 9.17) is 14.2 Å². The van der Waals surface area contributed by atoms with Crippen LogP contribution in [0.3, 0.4) is 0 Å². The number of ether oxygens (including phenoxy) is 3. The van der Waals surface area contributed by atoms with Crippen LogP contribution in [0.2, 0.25) is 25.7 Å². The highest BCUT2D eigenvalue weighted by Gasteiger charge is 2.31. The first-order valence-corrected chi connectivity index (χ1v) is 17.7. The molecule has 0 amide bonds. The summed E-state index contributed by atoms with van der Waals surface area (Å²) in [6.07, 6.45) is 6.99. The van der Waals surface area contributed by atoms with Crippen molar-refractivity contribution in [2.75, 3.05) is 13.2 Å². The largest absolute Gasteiger partial charge is 0.466 e. The minimum atomic E-state index is -1.30. The molecule has 0 bridgehead atoms. The van der Waals surface area contributed by atoms with E-state index in [2.05, 4.69) is 50.8 Å². The monoisotopic (exact) mass is 518 g/mol. The summed E-state index contributed by atoms with van der Waals surface area (Å²) in [5.74, 6) is -0.981. The van der Waals surface area contributed by atoms with Gasteiger partial charge in [0.2, 0.25) is 0 Å². The summed E-state index contributed by atoms with van der Waals surface area (Å²) in [5, 5.41) is 0. The van der Waals surface area contributed by atoms with Gasteiger partial charge in [-0.15, -0.1) is 0 Å². The Balaban J connectivity index is 2.09. The van der Waals surface area contributed by atoms with Gasteiger partial charge in [0.1, 0.15) is 5.60 Å². The number of esters is 2. The number of aryl methyl sites for hydroxylation is 1. The van der Waals surface area contributed by atoms with E-state index in [0.29, 0.717) is 19.4 Å². The fourth-order valence-corrected chi connectivity index (χ4v) is 5.21. The van der Waals surface area contributed by atoms with E-state index >= 15 is 0 Å². The Morgan fingerprint density at radius 3 is 2.28 bits per heavy atom. The quantitative estimate of drug-likeness (QED) is 0.188. The Bertz CT molecular complexity index is 800. The summed E-state index contributed by atoms with van der Waals surface area (Å²) in [4.78, 5) is 26.2. The Hall–Kier alpha value is -1.66. The second kappa shape index (κ2) is 14.3. The van der Waals surface area contributed by atoms with Crippen molar-refractivity contribution in [2.24, 2.45) is 11.8 Å². The number of carbonyl (C=O) groups is 2. The van der Waals surface area contributed by atoms with Crippen LogP contribution in [0.5, 0.6) is 0 Å². The average molecular weight is 519 g/mol. The van der Waals surface area contributed by atoms with Gasteiger partial charge in [-0.3, -0.25) is 9.59 Å². The molecule has 1 saturated heterocycles. The zero-order chi connectivity index (χ0) is 26.8. The maximum Gasteiger partial charge on any atom is 0.309 e. The van der Waals surface area contributed by atoms with Crippen molar-refractivity contribution < 1.29 is 23.8 Å². The van der Waals surface area contributed by atoms with Crippen molar-refractivity contribution in [3.63, 3.8) is 0 Å². The molecule has 1 fully saturated rings. The smallest absolute Gasteiger partial charge is 0.309 e. The van der Waals surface area contributed by atoms with Crippen LogP contribution >= 0.6 is 0 Å². The molecule has 5 nitrogen and oxygen atoms in total. The van der Waals surface area contributed by atoms with E-state index < -0.39 is 13.7 Å². The van der Waals surface area contributed by atoms with Crippen molar-refractivity contribution in [1.82, 2.24) is 0 Å². The first kappa shape index (κ1) is 30.6. The minimum absolute atomic E-state index is 0.172. The zero-order valence-corrected chi connectivity index (χ0v) is 24.9. The predicted molar refractivity (Wildman–Crippen MR) is 149 cm³/mol. The Kier molecular flexibility index (Phi) is 12.2. The van der Waals surface area contributed by atoms with Crippen molar-refractivity contribution in [3.8, 4) is 0 Å². The number of unbranched alkanes of at least 4 members (excludes halogenated alkanes) is 1. The van der Waals surface area contributed by atoms with E-state index in [1.165, 1.54) is 11.1 Å². The first-order chi connectivity index (χ1) is 16.9. The molecule has 204 valence electrons. The van der Waals surface area contributed by atoms with Crippen LogP contribution in [0.25, 0.3) is 0 Å². The lowest BCUT2D eigenvalue weighted by molar-refractivity contribution is -0.162. The topological polar surface area (TPSA) is 61.8 Å². The molecular weight excluding hydrogens is 468 g/mol. The van der Waals surface area contributed by atoms with E-state index in [0.717, 1.165) is 51.2 Å². The van der Waals surface area contributed by atoms with E-state index in [1.807, 2.05) is 20.8 Å². The molecule has 1 unspecified atom stereocenters. The molecule has 2 rings (SSSR count). The minimum Gasteiger partial charge on any atom is -0.466 e. The van der Waals surface area contributed by atoms with Gasteiger partial charge in [-0.05, 0) is 76.5 Å². The number of carbonyl (C=O) groups excluding carboxylic acids is 2. The van der Waals surface area contributed by atoms with Gasteiger partial charge in [0.05, 0.1) is 24.5 Å². The third-order valence-corrected chi connectivity index (χ3v) is 8.41. The van der Waals surface area contributed by atoms with Crippen molar-refractivity contribution in [3.05, 3.63) is 35.4 Å². The Morgan fingerprint density at radius 2 is 1.72 bits per heavy atom. The molecule has 0 radical (unpaired) electrons. The fourth-order valence-electron chi connectivity index (χ4n) is 4.50. The van der Waals surface area contributed by atoms with Gasteiger partial charge in [0.15, 0.2) is 0 Å². The van der Waals surface area contributed by atoms with Gasteiger partial charge >= 0.3 is 11.9 Å². The number of rotatable bonds is 14. The molecule has 6 heteroatoms. The van der Waals surface area contributed by atoms with Crippen LogP contribution in [0.4, 0.5) is 0 Å². The summed E-state index contributed by atoms with van der Waals surface area (Å²) in [7, 11) is -1.30. The van der Waals surface area contributed by atoms with Crippen LogP contribution in [0.15, 0.2) is 24.3 Å². The third-order valence-electron chi connectivity index (χ3n) is 6.71. The molecule has 1 aliphatic rings. The molecule has 0 saturated carbocycles. The lowest BCUT2D eigenvalue weighted by atomic mass is 9.86. The summed E-state index contributed by atoms with van der Waals surface area (Å²) in [6, 6.07) is 9.54. The molecule has 0 spiro atoms. The molecule has 1 aromatic carbocycles. The fraction of sp³-hybridized carbons (Fsp3) is 0.733. The van der Waals surface area contributed by atoms with E-state index in [1.54, 1.807) is 0 Å². The highest BCUT2D eigenvalue weighted by molar-refractivity contribution is 6.76. The maximum atomic E-state index is 13.2. The molecule has 1 aliphatic heterocycles. The Labute approximate surface area is 220 Å². The number of benzene rings is 1. The van der Waals surface area contributed by atoms with Crippen LogP contribution in [-0.2, 0) is 30.2 Å². The lowest BCUT2D eigenvalue weighted by Gasteiger charge is -2.26. The number of hydrogen-bond acceptors (Lipinski definition) is 5. The maximum absolute atomic E-state index is 13.2. The van der Waals surface area contributed by atoms with E-state index in [9.17, 15) is 9.59 Å². The van der Waals surface area contributed by atoms with Gasteiger partial charge in [-0.2, -0.15) is 0 Å². The van der Waals surface area contributed by atoms with Gasteiger partial charge in [0.25, 0.3) is 0 Å². The standard InChI is InChI=1S/C30H50O5Si/c1-8-9-11-25(29(32)35-30(2,3)4)22-26(28(31)34-20-21-36(5,6)7)18-15-23-13-16-24(17-14-23)27-12-10-19-33-27/h13-14,16-17,25-27H,8-12,15,18-22H2,1-7H3/t25-,26-,27?/m0/s1. The Morgan fingerprint density at radius 1 is 1.06 bits per heavy atom. The molecule has 1 heterocycles. The van der Waals surface area contributed by atoms with Gasteiger partial charge in [-0.25, -0.2) is 0 Å². The molecule has 3 atom stereocenters. The first-order valence-electron chi connectivity index (χ1n) is 14.0. The van der Waals surface area contributed by atoms with Crippen LogP contribution in [0, 0.1) is 11.8 Å². The second-order valence-corrected chi connectivity index (χ2v) is 18.2. The van der Waals surface area contributed by atoms with Crippen molar-refractivity contribution in [1.29, 1.82) is 0 Å². The molecule has 0 N–H and O–H groups in total. The van der Waals surface area contributed by atoms with Crippen LogP contribution in [0.1, 0.15) is 89.9 Å². The summed E-state index contributed by atoms with van der Waals surface area (Å²) < 4.78 is 17.3. The summed E-state index contributed by atoms with van der Waals surface area (Å²) >= 11 is 0. The highest BCUT2D eigenvalue weighted by Crippen LogP contribution is 2.30. The molecule has 0 aromatic heterocycles. The van der Waals surface area contributed by atoms with E-state index in [-0.39, 0.29) is 29.9 Å². The average Bonchev–Trinajstić information content (AvgIpc) is 3.32. The van der Waals surface area contributed by atoms with Crippen molar-refractivity contribution in [2.45, 2.75) is 116 Å². The summed E-state index contributed by atoms with van der Waals surface area (Å²) in [5.41, 5.74) is 1.88. The van der Waals surface area contributed by atoms with Crippen molar-refractivity contribution >= 4 is 20.0 Å². The van der Waals surface area contributed by atoms with Gasteiger partial charge in [-0.1, -0.05) is 63.7 Å². The predicted octanol–water partition coefficient (Wildman–Crippen LogP) is 7.51. The lowest BCUT2D eigenvalue weighted by Crippen LogP contribution is -2.32. The van der Waals surface area contributed by atoms with Gasteiger partial charge < -0.3 is 14.2 Å². The SMILES string of the molecule is CCCC[C@@H](C[C@H](CCc1ccc(C2CCCO2)cc1)C(=O)OCC[Si](C)(C)C)C(=O)OC(C)(C)C. The molecule has 36 heavy (non-hydrogen) atoms. The molecular formula is C30H50O5Si. The zero-order valence-electron chi connectivity index (χ0n) is 23.9. The van der Waals surface area contributed by atoms with Gasteiger partial charge in [0, 0.05) is 14.7 Å². The molecule has 1 aromatic rings. The number of hydrogen-bond donors (Lipinski definition) is 0. The van der Waals surface area contributed by atoms with Crippen LogP contribution in [-0.4, -0.2) is 38.8 Å². The second-order valence-electron chi connectivity index (χ2n) is 12.6. The third kappa shape index (κ3) is 11.6. The highest BCUT2D eigenvalue weighted by atomic mass is 28.3.